The number of fused-ring (bicyclic) bond motifs is 9. The molecule has 2 atom stereocenters. The average Bonchev–Trinajstić information content (AvgIpc) is 3.96. The van der Waals surface area contributed by atoms with Crippen molar-refractivity contribution >= 4 is 71.5 Å². The molecular formula is C51H34N4O2. The maximum atomic E-state index is 6.54. The first-order valence-corrected chi connectivity index (χ1v) is 19.4. The standard InChI is InChI=1S/C51H34N4O2/c1-3-13-31(14-4-1)49-52-50(32-15-5-2-6-16-32)54-51(53-49)37-19-11-23-45-47(37)38-29-33(25-27-43(38)56-45)34-26-28-44-39(30-34)48-42(22-12-24-46(48)57-44)55-40-20-9-7-17-35(40)36-18-8-10-21-41(36)55/h1-30,49,51,53H,(H,52,54). The van der Waals surface area contributed by atoms with Gasteiger partial charge >= 0.3 is 0 Å². The van der Waals surface area contributed by atoms with Gasteiger partial charge in [0.2, 0.25) is 0 Å². The lowest BCUT2D eigenvalue weighted by Gasteiger charge is -2.32. The topological polar surface area (TPSA) is 67.6 Å². The third-order valence-corrected chi connectivity index (χ3v) is 11.5. The summed E-state index contributed by atoms with van der Waals surface area (Å²) in [4.78, 5) is 5.14. The van der Waals surface area contributed by atoms with Crippen LogP contribution in [0.2, 0.25) is 0 Å². The van der Waals surface area contributed by atoms with Crippen molar-refractivity contribution in [3.63, 3.8) is 0 Å². The van der Waals surface area contributed by atoms with Gasteiger partial charge < -0.3 is 18.7 Å². The van der Waals surface area contributed by atoms with E-state index in [0.29, 0.717) is 0 Å². The Morgan fingerprint density at radius 1 is 0.456 bits per heavy atom. The van der Waals surface area contributed by atoms with E-state index in [-0.39, 0.29) is 12.3 Å². The van der Waals surface area contributed by atoms with Crippen LogP contribution in [0.1, 0.15) is 29.0 Å². The Bertz CT molecular complexity index is 3320. The van der Waals surface area contributed by atoms with E-state index in [4.69, 9.17) is 13.8 Å². The largest absolute Gasteiger partial charge is 0.456 e. The number of nitrogens with zero attached hydrogens (tertiary/aromatic N) is 2. The van der Waals surface area contributed by atoms with Gasteiger partial charge in [0, 0.05) is 38.1 Å². The molecule has 0 spiro atoms. The van der Waals surface area contributed by atoms with Gasteiger partial charge in [0.05, 0.1) is 22.1 Å². The summed E-state index contributed by atoms with van der Waals surface area (Å²) >= 11 is 0. The average molecular weight is 735 g/mol. The van der Waals surface area contributed by atoms with Gasteiger partial charge in [0.25, 0.3) is 0 Å². The van der Waals surface area contributed by atoms with Gasteiger partial charge in [-0.15, -0.1) is 0 Å². The van der Waals surface area contributed by atoms with Crippen molar-refractivity contribution in [2.75, 3.05) is 0 Å². The molecule has 0 aliphatic carbocycles. The molecule has 12 rings (SSSR count). The van der Waals surface area contributed by atoms with Crippen LogP contribution in [-0.2, 0) is 0 Å². The smallest absolute Gasteiger partial charge is 0.137 e. The molecule has 0 bridgehead atoms. The number of aromatic nitrogens is 1. The highest BCUT2D eigenvalue weighted by Crippen LogP contribution is 2.42. The number of aliphatic imine (C=N–C) groups is 1. The monoisotopic (exact) mass is 734 g/mol. The van der Waals surface area contributed by atoms with Gasteiger partial charge in [0.15, 0.2) is 0 Å². The third kappa shape index (κ3) is 5.04. The molecule has 11 aromatic rings. The Morgan fingerprint density at radius 2 is 1.04 bits per heavy atom. The molecule has 6 nitrogen and oxygen atoms in total. The van der Waals surface area contributed by atoms with Crippen LogP contribution < -0.4 is 10.6 Å². The fraction of sp³-hybridized carbons (Fsp3) is 0.0392. The highest BCUT2D eigenvalue weighted by atomic mass is 16.3. The lowest BCUT2D eigenvalue weighted by molar-refractivity contribution is 0.411. The molecule has 2 unspecified atom stereocenters. The van der Waals surface area contributed by atoms with E-state index in [2.05, 4.69) is 185 Å². The molecule has 0 saturated heterocycles. The number of amidine groups is 1. The van der Waals surface area contributed by atoms with E-state index < -0.39 is 0 Å². The molecule has 0 saturated carbocycles. The van der Waals surface area contributed by atoms with Crippen molar-refractivity contribution in [3.8, 4) is 16.8 Å². The number of hydrogen-bond donors (Lipinski definition) is 2. The second-order valence-electron chi connectivity index (χ2n) is 14.8. The molecule has 2 N–H and O–H groups in total. The third-order valence-electron chi connectivity index (χ3n) is 11.5. The minimum Gasteiger partial charge on any atom is -0.456 e. The van der Waals surface area contributed by atoms with Crippen molar-refractivity contribution < 1.29 is 8.83 Å². The zero-order chi connectivity index (χ0) is 37.5. The molecule has 270 valence electrons. The maximum absolute atomic E-state index is 6.54. The summed E-state index contributed by atoms with van der Waals surface area (Å²) in [6.45, 7) is 0. The molecule has 0 radical (unpaired) electrons. The van der Waals surface area contributed by atoms with Crippen LogP contribution in [0.4, 0.5) is 0 Å². The number of nitrogens with one attached hydrogen (secondary N) is 2. The summed E-state index contributed by atoms with van der Waals surface area (Å²) in [5.74, 6) is 0.847. The zero-order valence-electron chi connectivity index (χ0n) is 30.7. The Balaban J connectivity index is 1.01. The first-order valence-electron chi connectivity index (χ1n) is 19.4. The Labute approximate surface area is 327 Å². The predicted molar refractivity (Wildman–Crippen MR) is 232 cm³/mol. The molecular weight excluding hydrogens is 701 g/mol. The molecule has 0 amide bonds. The van der Waals surface area contributed by atoms with E-state index in [1.54, 1.807) is 0 Å². The van der Waals surface area contributed by atoms with Crippen molar-refractivity contribution in [1.82, 2.24) is 15.2 Å². The molecule has 6 heteroatoms. The summed E-state index contributed by atoms with van der Waals surface area (Å²) < 4.78 is 15.4. The lowest BCUT2D eigenvalue weighted by Crippen LogP contribution is -2.45. The summed E-state index contributed by atoms with van der Waals surface area (Å²) in [5.41, 5.74) is 12.3. The summed E-state index contributed by atoms with van der Waals surface area (Å²) in [6.07, 6.45) is -0.468. The van der Waals surface area contributed by atoms with E-state index >= 15 is 0 Å². The Kier molecular flexibility index (Phi) is 7.03. The van der Waals surface area contributed by atoms with Crippen LogP contribution in [-0.4, -0.2) is 10.4 Å². The SMILES string of the molecule is c1ccc(C2=NC(c3ccccc3)NC(c3cccc4oc5ccc(-c6ccc7oc8cccc(-n9c%10ccccc%10c%10ccccc%109)c8c7c6)cc5c34)N2)cc1. The number of hydrogen-bond acceptors (Lipinski definition) is 5. The number of benzene rings is 8. The van der Waals surface area contributed by atoms with Crippen LogP contribution in [0, 0.1) is 0 Å². The van der Waals surface area contributed by atoms with Crippen LogP contribution in [0.25, 0.3) is 82.5 Å². The highest BCUT2D eigenvalue weighted by molar-refractivity contribution is 6.15. The highest BCUT2D eigenvalue weighted by Gasteiger charge is 2.28. The normalized spacial score (nSPS) is 15.9. The first-order chi connectivity index (χ1) is 28.2. The molecule has 1 aliphatic rings. The second kappa shape index (κ2) is 12.6. The zero-order valence-corrected chi connectivity index (χ0v) is 30.7. The van der Waals surface area contributed by atoms with Gasteiger partial charge in [0.1, 0.15) is 40.5 Å². The molecule has 8 aromatic carbocycles. The quantitative estimate of drug-likeness (QED) is 0.185. The van der Waals surface area contributed by atoms with Crippen LogP contribution in [0.15, 0.2) is 196 Å². The van der Waals surface area contributed by atoms with E-state index in [1.807, 2.05) is 12.1 Å². The predicted octanol–water partition coefficient (Wildman–Crippen LogP) is 12.6. The molecule has 4 heterocycles. The van der Waals surface area contributed by atoms with Gasteiger partial charge in [-0.2, -0.15) is 0 Å². The molecule has 57 heavy (non-hydrogen) atoms. The van der Waals surface area contributed by atoms with E-state index in [9.17, 15) is 0 Å². The fourth-order valence-electron chi connectivity index (χ4n) is 8.90. The summed E-state index contributed by atoms with van der Waals surface area (Å²) in [7, 11) is 0. The Hall–Kier alpha value is -7.41. The summed E-state index contributed by atoms with van der Waals surface area (Å²) in [6, 6.07) is 63.8. The molecule has 3 aromatic heterocycles. The van der Waals surface area contributed by atoms with Crippen LogP contribution in [0.5, 0.6) is 0 Å². The maximum Gasteiger partial charge on any atom is 0.137 e. The van der Waals surface area contributed by atoms with Crippen LogP contribution >= 0.6 is 0 Å². The van der Waals surface area contributed by atoms with Crippen molar-refractivity contribution in [2.45, 2.75) is 12.3 Å². The van der Waals surface area contributed by atoms with Gasteiger partial charge in [-0.25, -0.2) is 4.99 Å². The first kappa shape index (κ1) is 31.9. The van der Waals surface area contributed by atoms with Gasteiger partial charge in [-0.3, -0.25) is 5.32 Å². The fourth-order valence-corrected chi connectivity index (χ4v) is 8.90. The molecule has 1 aliphatic heterocycles. The number of furan rings is 2. The minimum absolute atomic E-state index is 0.232. The van der Waals surface area contributed by atoms with E-state index in [0.717, 1.165) is 83.2 Å². The van der Waals surface area contributed by atoms with Crippen molar-refractivity contribution in [1.29, 1.82) is 0 Å². The van der Waals surface area contributed by atoms with E-state index in [1.165, 1.54) is 21.8 Å². The van der Waals surface area contributed by atoms with Gasteiger partial charge in [-0.1, -0.05) is 127 Å². The van der Waals surface area contributed by atoms with Crippen LogP contribution in [0.3, 0.4) is 0 Å². The van der Waals surface area contributed by atoms with Crippen molar-refractivity contribution in [2.24, 2.45) is 4.99 Å². The molecule has 0 fully saturated rings. The van der Waals surface area contributed by atoms with Gasteiger partial charge in [-0.05, 0) is 71.3 Å². The summed E-state index contributed by atoms with van der Waals surface area (Å²) in [5, 5.41) is 14.3. The number of rotatable bonds is 5. The lowest BCUT2D eigenvalue weighted by atomic mass is 9.98. The minimum atomic E-state index is -0.236. The Morgan fingerprint density at radius 3 is 1.72 bits per heavy atom. The van der Waals surface area contributed by atoms with Crippen molar-refractivity contribution in [3.05, 3.63) is 199 Å². The second-order valence-corrected chi connectivity index (χ2v) is 14.8. The number of para-hydroxylation sites is 2.